The van der Waals surface area contributed by atoms with Gasteiger partial charge < -0.3 is 4.74 Å². The first kappa shape index (κ1) is 13.9. The van der Waals surface area contributed by atoms with E-state index in [0.717, 1.165) is 6.08 Å². The lowest BCUT2D eigenvalue weighted by atomic mass is 10.1. The number of alkyl halides is 2. The maximum Gasteiger partial charge on any atom is 0.331 e. The molecule has 104 valence electrons. The molecule has 0 N–H and O–H groups in total. The van der Waals surface area contributed by atoms with E-state index in [1.54, 1.807) is 0 Å². The largest absolute Gasteiger partial charge is 0.448 e. The Morgan fingerprint density at radius 2 is 2.15 bits per heavy atom. The normalized spacial score (nSPS) is 20.9. The number of rotatable bonds is 3. The Morgan fingerprint density at radius 3 is 2.85 bits per heavy atom. The molecular weight excluding hydrogens is 272 g/mol. The van der Waals surface area contributed by atoms with Crippen molar-refractivity contribution in [1.82, 2.24) is 0 Å². The molecule has 1 aliphatic heterocycles. The van der Waals surface area contributed by atoms with E-state index in [4.69, 9.17) is 0 Å². The number of ether oxygens (including phenoxy) is 1. The van der Waals surface area contributed by atoms with Crippen LogP contribution in [0.5, 0.6) is 0 Å². The highest BCUT2D eigenvalue weighted by Gasteiger charge is 2.41. The number of benzene rings is 1. The number of hydrogen-bond acceptors (Lipinski definition) is 4. The van der Waals surface area contributed by atoms with Crippen LogP contribution in [0.15, 0.2) is 42.5 Å². The zero-order valence-corrected chi connectivity index (χ0v) is 10.0. The Morgan fingerprint density at radius 1 is 1.40 bits per heavy atom. The third-order valence-corrected chi connectivity index (χ3v) is 2.61. The van der Waals surface area contributed by atoms with Gasteiger partial charge in [-0.3, -0.25) is 10.1 Å². The van der Waals surface area contributed by atoms with E-state index in [0.29, 0.717) is 17.7 Å². The van der Waals surface area contributed by atoms with Crippen LogP contribution in [0.2, 0.25) is 0 Å². The molecule has 0 aromatic heterocycles. The summed E-state index contributed by atoms with van der Waals surface area (Å²) in [5.41, 5.74) is 0.208. The minimum Gasteiger partial charge on any atom is -0.448 e. The van der Waals surface area contributed by atoms with Gasteiger partial charge in [0, 0.05) is 18.2 Å². The van der Waals surface area contributed by atoms with Gasteiger partial charge in [0.25, 0.3) is 5.69 Å². The van der Waals surface area contributed by atoms with E-state index >= 15 is 0 Å². The number of nitro benzene ring substituents is 1. The number of carbonyl (C=O) groups is 1. The molecule has 5 nitrogen and oxygen atoms in total. The number of hydrogen-bond donors (Lipinski definition) is 0. The van der Waals surface area contributed by atoms with Crippen LogP contribution in [-0.2, 0) is 9.53 Å². The standard InChI is InChI=1S/C13H9F2NO4/c14-13(15)7-6-12(17)20-11(13)5-4-9-2-1-3-10(8-9)16(18)19/h1-8,11H/b5-4+/t11-/m0/s1. The highest BCUT2D eigenvalue weighted by atomic mass is 19.3. The first-order valence-corrected chi connectivity index (χ1v) is 5.59. The highest BCUT2D eigenvalue weighted by molar-refractivity contribution is 5.83. The van der Waals surface area contributed by atoms with Gasteiger partial charge in [-0.25, -0.2) is 4.79 Å². The monoisotopic (exact) mass is 281 g/mol. The van der Waals surface area contributed by atoms with Gasteiger partial charge >= 0.3 is 11.9 Å². The molecule has 0 saturated carbocycles. The third kappa shape index (κ3) is 3.05. The first-order chi connectivity index (χ1) is 9.38. The van der Waals surface area contributed by atoms with E-state index < -0.39 is 22.9 Å². The van der Waals surface area contributed by atoms with Crippen molar-refractivity contribution in [2.24, 2.45) is 0 Å². The molecule has 2 rings (SSSR count). The molecule has 1 heterocycles. The number of esters is 1. The number of cyclic esters (lactones) is 1. The quantitative estimate of drug-likeness (QED) is 0.485. The maximum atomic E-state index is 13.4. The summed E-state index contributed by atoms with van der Waals surface area (Å²) in [5, 5.41) is 10.6. The summed E-state index contributed by atoms with van der Waals surface area (Å²) in [6.45, 7) is 0. The van der Waals surface area contributed by atoms with Crippen LogP contribution >= 0.6 is 0 Å². The van der Waals surface area contributed by atoms with Gasteiger partial charge in [-0.2, -0.15) is 8.78 Å². The van der Waals surface area contributed by atoms with E-state index in [2.05, 4.69) is 4.74 Å². The summed E-state index contributed by atoms with van der Waals surface area (Å²) >= 11 is 0. The molecule has 0 bridgehead atoms. The molecule has 1 aromatic carbocycles. The van der Waals surface area contributed by atoms with Crippen LogP contribution in [0.25, 0.3) is 6.08 Å². The van der Waals surface area contributed by atoms with Gasteiger partial charge in [0.15, 0.2) is 6.10 Å². The minimum atomic E-state index is -3.30. The summed E-state index contributed by atoms with van der Waals surface area (Å²) in [4.78, 5) is 21.0. The van der Waals surface area contributed by atoms with Crippen LogP contribution in [-0.4, -0.2) is 22.9 Å². The van der Waals surface area contributed by atoms with Gasteiger partial charge in [-0.05, 0) is 17.7 Å². The smallest absolute Gasteiger partial charge is 0.331 e. The molecule has 1 aliphatic rings. The molecular formula is C13H9F2NO4. The van der Waals surface area contributed by atoms with Crippen molar-refractivity contribution in [2.45, 2.75) is 12.0 Å². The number of carbonyl (C=O) groups excluding carboxylic acids is 1. The predicted octanol–water partition coefficient (Wildman–Crippen LogP) is 2.72. The Hall–Kier alpha value is -2.57. The van der Waals surface area contributed by atoms with Crippen molar-refractivity contribution in [3.63, 3.8) is 0 Å². The van der Waals surface area contributed by atoms with E-state index in [-0.39, 0.29) is 5.69 Å². The fourth-order valence-electron chi connectivity index (χ4n) is 1.63. The van der Waals surface area contributed by atoms with Crippen molar-refractivity contribution in [1.29, 1.82) is 0 Å². The van der Waals surface area contributed by atoms with Crippen LogP contribution in [0.4, 0.5) is 14.5 Å². The van der Waals surface area contributed by atoms with Gasteiger partial charge in [-0.15, -0.1) is 0 Å². The van der Waals surface area contributed by atoms with Crippen molar-refractivity contribution in [3.8, 4) is 0 Å². The van der Waals surface area contributed by atoms with Crippen molar-refractivity contribution >= 4 is 17.7 Å². The average Bonchev–Trinajstić information content (AvgIpc) is 2.40. The second kappa shape index (κ2) is 5.20. The van der Waals surface area contributed by atoms with Crippen LogP contribution in [0.1, 0.15) is 5.56 Å². The van der Waals surface area contributed by atoms with Crippen molar-refractivity contribution < 1.29 is 23.2 Å². The summed E-state index contributed by atoms with van der Waals surface area (Å²) in [7, 11) is 0. The Bertz CT molecular complexity index is 610. The summed E-state index contributed by atoms with van der Waals surface area (Å²) in [6, 6.07) is 5.47. The van der Waals surface area contributed by atoms with Gasteiger partial charge in [0.2, 0.25) is 0 Å². The zero-order chi connectivity index (χ0) is 14.8. The molecule has 0 aliphatic carbocycles. The van der Waals surface area contributed by atoms with Crippen LogP contribution < -0.4 is 0 Å². The molecule has 20 heavy (non-hydrogen) atoms. The maximum absolute atomic E-state index is 13.4. The topological polar surface area (TPSA) is 69.4 Å². The molecule has 0 unspecified atom stereocenters. The summed E-state index contributed by atoms with van der Waals surface area (Å²) in [5.74, 6) is -4.16. The number of nitro groups is 1. The van der Waals surface area contributed by atoms with E-state index in [1.807, 2.05) is 0 Å². The molecule has 7 heteroatoms. The fourth-order valence-corrected chi connectivity index (χ4v) is 1.63. The zero-order valence-electron chi connectivity index (χ0n) is 10.0. The molecule has 0 saturated heterocycles. The Labute approximate surface area is 112 Å². The lowest BCUT2D eigenvalue weighted by Gasteiger charge is -2.24. The number of halogens is 2. The van der Waals surface area contributed by atoms with E-state index in [1.165, 1.54) is 30.3 Å². The molecule has 0 spiro atoms. The van der Waals surface area contributed by atoms with Gasteiger partial charge in [-0.1, -0.05) is 18.2 Å². The SMILES string of the molecule is O=C1C=CC(F)(F)[C@H](/C=C/c2cccc([N+](=O)[O-])c2)O1. The lowest BCUT2D eigenvalue weighted by molar-refractivity contribution is -0.384. The Balaban J connectivity index is 2.21. The van der Waals surface area contributed by atoms with E-state index in [9.17, 15) is 23.7 Å². The third-order valence-electron chi connectivity index (χ3n) is 2.61. The average molecular weight is 281 g/mol. The van der Waals surface area contributed by atoms with Gasteiger partial charge in [0.1, 0.15) is 0 Å². The number of non-ortho nitro benzene ring substituents is 1. The second-order valence-corrected chi connectivity index (χ2v) is 4.08. The lowest BCUT2D eigenvalue weighted by Crippen LogP contribution is -2.37. The highest BCUT2D eigenvalue weighted by Crippen LogP contribution is 2.28. The van der Waals surface area contributed by atoms with Crippen molar-refractivity contribution in [3.05, 3.63) is 58.2 Å². The van der Waals surface area contributed by atoms with Crippen LogP contribution in [0, 0.1) is 10.1 Å². The Kier molecular flexibility index (Phi) is 3.60. The van der Waals surface area contributed by atoms with Crippen LogP contribution in [0.3, 0.4) is 0 Å². The second-order valence-electron chi connectivity index (χ2n) is 4.08. The molecule has 0 radical (unpaired) electrons. The summed E-state index contributed by atoms with van der Waals surface area (Å²) in [6.07, 6.45) is 1.66. The van der Waals surface area contributed by atoms with Gasteiger partial charge in [0.05, 0.1) is 4.92 Å². The first-order valence-electron chi connectivity index (χ1n) is 5.59. The molecule has 0 amide bonds. The predicted molar refractivity (Wildman–Crippen MR) is 66.1 cm³/mol. The molecule has 0 fully saturated rings. The summed E-state index contributed by atoms with van der Waals surface area (Å²) < 4.78 is 31.4. The van der Waals surface area contributed by atoms with Crippen molar-refractivity contribution in [2.75, 3.05) is 0 Å². The molecule has 1 aromatic rings. The fraction of sp³-hybridized carbons (Fsp3) is 0.154. The number of nitrogens with zero attached hydrogens (tertiary/aromatic N) is 1. The minimum absolute atomic E-state index is 0.153. The molecule has 1 atom stereocenters.